The first-order valence-corrected chi connectivity index (χ1v) is 7.60. The molecule has 1 N–H and O–H groups in total. The molecule has 1 atom stereocenters. The maximum Gasteiger partial charge on any atom is 0.220 e. The van der Waals surface area contributed by atoms with Crippen LogP contribution in [0.5, 0.6) is 0 Å². The summed E-state index contributed by atoms with van der Waals surface area (Å²) in [5, 5.41) is 4.12. The van der Waals surface area contributed by atoms with Gasteiger partial charge in [-0.15, -0.1) is 0 Å². The number of rotatable bonds is 5. The van der Waals surface area contributed by atoms with Crippen molar-refractivity contribution in [3.05, 3.63) is 69.7 Å². The van der Waals surface area contributed by atoms with Gasteiger partial charge in [-0.05, 0) is 36.6 Å². The van der Waals surface area contributed by atoms with Crippen LogP contribution in [0.3, 0.4) is 0 Å². The number of hydrogen-bond donors (Lipinski definition) is 1. The van der Waals surface area contributed by atoms with Crippen LogP contribution in [0.15, 0.2) is 48.5 Å². The predicted molar refractivity (Wildman–Crippen MR) is 87.8 cm³/mol. The van der Waals surface area contributed by atoms with E-state index in [4.69, 9.17) is 23.2 Å². The molecule has 4 heteroatoms. The molecule has 2 rings (SSSR count). The van der Waals surface area contributed by atoms with Crippen LogP contribution >= 0.6 is 23.2 Å². The van der Waals surface area contributed by atoms with E-state index in [1.807, 2.05) is 43.3 Å². The number of amides is 1. The molecule has 2 aromatic carbocycles. The lowest BCUT2D eigenvalue weighted by molar-refractivity contribution is -0.121. The Balaban J connectivity index is 1.90. The lowest BCUT2D eigenvalue weighted by Crippen LogP contribution is -2.27. The van der Waals surface area contributed by atoms with Crippen LogP contribution in [-0.4, -0.2) is 5.91 Å². The minimum atomic E-state index is -0.141. The van der Waals surface area contributed by atoms with Crippen molar-refractivity contribution in [2.75, 3.05) is 0 Å². The van der Waals surface area contributed by atoms with Crippen LogP contribution < -0.4 is 5.32 Å². The summed E-state index contributed by atoms with van der Waals surface area (Å²) >= 11 is 12.0. The number of carbonyl (C=O) groups is 1. The van der Waals surface area contributed by atoms with E-state index in [0.29, 0.717) is 16.5 Å². The van der Waals surface area contributed by atoms with E-state index in [0.717, 1.165) is 17.5 Å². The molecule has 0 saturated carbocycles. The fourth-order valence-electron chi connectivity index (χ4n) is 2.15. The molecule has 2 nitrogen and oxygen atoms in total. The van der Waals surface area contributed by atoms with Gasteiger partial charge in [0.1, 0.15) is 0 Å². The maximum absolute atomic E-state index is 12.0. The molecule has 0 saturated heterocycles. The summed E-state index contributed by atoms with van der Waals surface area (Å²) in [6.07, 6.45) is 1.19. The molecule has 2 aromatic rings. The Labute approximate surface area is 135 Å². The van der Waals surface area contributed by atoms with E-state index in [1.165, 1.54) is 0 Å². The van der Waals surface area contributed by atoms with Gasteiger partial charge in [0, 0.05) is 16.5 Å². The van der Waals surface area contributed by atoms with Gasteiger partial charge in [-0.2, -0.15) is 0 Å². The Morgan fingerprint density at radius 3 is 2.52 bits per heavy atom. The first-order chi connectivity index (χ1) is 10.1. The molecule has 0 radical (unpaired) electrons. The quantitative estimate of drug-likeness (QED) is 0.841. The fourth-order valence-corrected chi connectivity index (χ4v) is 2.72. The largest absolute Gasteiger partial charge is 0.350 e. The zero-order valence-electron chi connectivity index (χ0n) is 11.8. The molecule has 0 unspecified atom stereocenters. The van der Waals surface area contributed by atoms with Crippen molar-refractivity contribution in [3.8, 4) is 0 Å². The summed E-state index contributed by atoms with van der Waals surface area (Å²) in [4.78, 5) is 12.0. The van der Waals surface area contributed by atoms with Gasteiger partial charge < -0.3 is 5.32 Å². The molecular weight excluding hydrogens is 305 g/mol. The standard InChI is InChI=1S/C17H17Cl2NO/c1-12(15-9-8-14(18)11-16(15)19)20-17(21)10-7-13-5-3-2-4-6-13/h2-6,8-9,11-12H,7,10H2,1H3,(H,20,21)/t12-/m0/s1. The first-order valence-electron chi connectivity index (χ1n) is 6.84. The van der Waals surface area contributed by atoms with Crippen LogP contribution in [0.25, 0.3) is 0 Å². The lowest BCUT2D eigenvalue weighted by atomic mass is 10.1. The summed E-state index contributed by atoms with van der Waals surface area (Å²) in [6.45, 7) is 1.91. The average molecular weight is 322 g/mol. The van der Waals surface area contributed by atoms with Gasteiger partial charge >= 0.3 is 0 Å². The highest BCUT2D eigenvalue weighted by Crippen LogP contribution is 2.26. The Morgan fingerprint density at radius 1 is 1.14 bits per heavy atom. The van der Waals surface area contributed by atoms with Gasteiger partial charge in [0.15, 0.2) is 0 Å². The van der Waals surface area contributed by atoms with Crippen molar-refractivity contribution in [1.82, 2.24) is 5.32 Å². The van der Waals surface area contributed by atoms with E-state index >= 15 is 0 Å². The molecule has 0 fully saturated rings. The zero-order chi connectivity index (χ0) is 15.2. The number of nitrogens with one attached hydrogen (secondary N) is 1. The number of halogens is 2. The van der Waals surface area contributed by atoms with Gasteiger partial charge in [0.25, 0.3) is 0 Å². The normalized spacial score (nSPS) is 12.0. The summed E-state index contributed by atoms with van der Waals surface area (Å²) < 4.78 is 0. The summed E-state index contributed by atoms with van der Waals surface area (Å²) in [5.74, 6) is 0.0115. The van der Waals surface area contributed by atoms with E-state index in [2.05, 4.69) is 5.32 Å². The van der Waals surface area contributed by atoms with Crippen molar-refractivity contribution < 1.29 is 4.79 Å². The van der Waals surface area contributed by atoms with Crippen LogP contribution in [0, 0.1) is 0 Å². The van der Waals surface area contributed by atoms with Gasteiger partial charge in [-0.3, -0.25) is 4.79 Å². The van der Waals surface area contributed by atoms with Crippen molar-refractivity contribution in [3.63, 3.8) is 0 Å². The molecule has 0 heterocycles. The van der Waals surface area contributed by atoms with Crippen LogP contribution in [-0.2, 0) is 11.2 Å². The molecule has 0 bridgehead atoms. The molecule has 0 aliphatic carbocycles. The van der Waals surface area contributed by atoms with Crippen LogP contribution in [0.1, 0.15) is 30.5 Å². The lowest BCUT2D eigenvalue weighted by Gasteiger charge is -2.16. The Morgan fingerprint density at radius 2 is 1.86 bits per heavy atom. The van der Waals surface area contributed by atoms with E-state index in [-0.39, 0.29) is 11.9 Å². The summed E-state index contributed by atoms with van der Waals surface area (Å²) in [7, 11) is 0. The number of hydrogen-bond acceptors (Lipinski definition) is 1. The third-order valence-corrected chi connectivity index (χ3v) is 3.85. The molecule has 0 aliphatic rings. The highest BCUT2D eigenvalue weighted by molar-refractivity contribution is 6.35. The average Bonchev–Trinajstić information content (AvgIpc) is 2.46. The van der Waals surface area contributed by atoms with E-state index < -0.39 is 0 Å². The third-order valence-electron chi connectivity index (χ3n) is 3.29. The molecule has 0 aromatic heterocycles. The van der Waals surface area contributed by atoms with Crippen molar-refractivity contribution in [2.45, 2.75) is 25.8 Å². The van der Waals surface area contributed by atoms with Gasteiger partial charge in [-0.25, -0.2) is 0 Å². The van der Waals surface area contributed by atoms with Crippen LogP contribution in [0.4, 0.5) is 0 Å². The van der Waals surface area contributed by atoms with E-state index in [1.54, 1.807) is 12.1 Å². The number of carbonyl (C=O) groups excluding carboxylic acids is 1. The van der Waals surface area contributed by atoms with Gasteiger partial charge in [0.2, 0.25) is 5.91 Å². The minimum Gasteiger partial charge on any atom is -0.350 e. The second kappa shape index (κ2) is 7.48. The second-order valence-electron chi connectivity index (χ2n) is 4.94. The van der Waals surface area contributed by atoms with Crippen molar-refractivity contribution in [2.24, 2.45) is 0 Å². The predicted octanol–water partition coefficient (Wildman–Crippen LogP) is 4.80. The Kier molecular flexibility index (Phi) is 5.66. The Hall–Kier alpha value is -1.51. The highest BCUT2D eigenvalue weighted by Gasteiger charge is 2.12. The number of benzene rings is 2. The monoisotopic (exact) mass is 321 g/mol. The SMILES string of the molecule is C[C@H](NC(=O)CCc1ccccc1)c1ccc(Cl)cc1Cl. The Bertz CT molecular complexity index is 613. The highest BCUT2D eigenvalue weighted by atomic mass is 35.5. The smallest absolute Gasteiger partial charge is 0.220 e. The van der Waals surface area contributed by atoms with Crippen molar-refractivity contribution in [1.29, 1.82) is 0 Å². The fraction of sp³-hybridized carbons (Fsp3) is 0.235. The first kappa shape index (κ1) is 15.9. The van der Waals surface area contributed by atoms with Gasteiger partial charge in [-0.1, -0.05) is 59.6 Å². The summed E-state index contributed by atoms with van der Waals surface area (Å²) in [6, 6.07) is 15.1. The molecule has 0 aliphatic heterocycles. The molecule has 0 spiro atoms. The second-order valence-corrected chi connectivity index (χ2v) is 5.78. The van der Waals surface area contributed by atoms with Crippen molar-refractivity contribution >= 4 is 29.1 Å². The van der Waals surface area contributed by atoms with E-state index in [9.17, 15) is 4.79 Å². The molecule has 21 heavy (non-hydrogen) atoms. The maximum atomic E-state index is 12.0. The summed E-state index contributed by atoms with van der Waals surface area (Å²) in [5.41, 5.74) is 2.03. The molecule has 1 amide bonds. The molecule has 110 valence electrons. The molecular formula is C17H17Cl2NO. The minimum absolute atomic E-state index is 0.0115. The number of aryl methyl sites for hydroxylation is 1. The van der Waals surface area contributed by atoms with Gasteiger partial charge in [0.05, 0.1) is 6.04 Å². The zero-order valence-corrected chi connectivity index (χ0v) is 13.3. The van der Waals surface area contributed by atoms with Crippen LogP contribution in [0.2, 0.25) is 10.0 Å². The topological polar surface area (TPSA) is 29.1 Å². The third kappa shape index (κ3) is 4.76.